The quantitative estimate of drug-likeness (QED) is 0.851. The van der Waals surface area contributed by atoms with Crippen molar-refractivity contribution in [1.82, 2.24) is 8.61 Å². The average Bonchev–Trinajstić information content (AvgIpc) is 2.43. The van der Waals surface area contributed by atoms with Gasteiger partial charge in [0.05, 0.1) is 12.7 Å². The molecule has 118 valence electrons. The molecular weight excluding hydrogens is 288 g/mol. The Labute approximate surface area is 127 Å². The van der Waals surface area contributed by atoms with Crippen molar-refractivity contribution in [2.45, 2.75) is 39.5 Å². The molecule has 21 heavy (non-hydrogen) atoms. The van der Waals surface area contributed by atoms with E-state index in [1.807, 2.05) is 45.0 Å². The molecule has 0 radical (unpaired) electrons. The smallest absolute Gasteiger partial charge is 0.282 e. The van der Waals surface area contributed by atoms with E-state index in [-0.39, 0.29) is 12.1 Å². The number of rotatable bonds is 4. The molecule has 2 rings (SSSR count). The van der Waals surface area contributed by atoms with Gasteiger partial charge in [-0.1, -0.05) is 24.3 Å². The van der Waals surface area contributed by atoms with Crippen LogP contribution in [0.2, 0.25) is 0 Å². The Balaban J connectivity index is 2.17. The van der Waals surface area contributed by atoms with Crippen LogP contribution in [0.4, 0.5) is 0 Å². The SMILES string of the molecule is Cc1ccccc1CN(C)S(=O)(=O)N1CC(C)OCC1C. The van der Waals surface area contributed by atoms with E-state index in [0.717, 1.165) is 11.1 Å². The lowest BCUT2D eigenvalue weighted by molar-refractivity contribution is -0.0188. The van der Waals surface area contributed by atoms with Gasteiger partial charge in [0.2, 0.25) is 0 Å². The topological polar surface area (TPSA) is 49.9 Å². The highest BCUT2D eigenvalue weighted by atomic mass is 32.2. The first-order valence-electron chi connectivity index (χ1n) is 7.21. The second kappa shape index (κ2) is 6.44. The molecule has 1 heterocycles. The molecule has 2 unspecified atom stereocenters. The summed E-state index contributed by atoms with van der Waals surface area (Å²) in [4.78, 5) is 0. The van der Waals surface area contributed by atoms with Crippen LogP contribution in [-0.2, 0) is 21.5 Å². The van der Waals surface area contributed by atoms with E-state index in [4.69, 9.17) is 4.74 Å². The zero-order valence-electron chi connectivity index (χ0n) is 13.1. The van der Waals surface area contributed by atoms with Crippen molar-refractivity contribution in [1.29, 1.82) is 0 Å². The van der Waals surface area contributed by atoms with Gasteiger partial charge in [0.15, 0.2) is 0 Å². The fourth-order valence-electron chi connectivity index (χ4n) is 2.48. The molecule has 2 atom stereocenters. The van der Waals surface area contributed by atoms with Crippen LogP contribution >= 0.6 is 0 Å². The molecule has 5 nitrogen and oxygen atoms in total. The van der Waals surface area contributed by atoms with Crippen molar-refractivity contribution in [3.8, 4) is 0 Å². The molecule has 0 aliphatic carbocycles. The lowest BCUT2D eigenvalue weighted by Gasteiger charge is -2.37. The van der Waals surface area contributed by atoms with E-state index < -0.39 is 10.2 Å². The van der Waals surface area contributed by atoms with Crippen LogP contribution in [0.1, 0.15) is 25.0 Å². The van der Waals surface area contributed by atoms with Crippen molar-refractivity contribution in [2.24, 2.45) is 0 Å². The van der Waals surface area contributed by atoms with Crippen LogP contribution < -0.4 is 0 Å². The second-order valence-corrected chi connectivity index (χ2v) is 7.74. The zero-order valence-corrected chi connectivity index (χ0v) is 13.9. The fourth-order valence-corrected chi connectivity index (χ4v) is 4.06. The maximum atomic E-state index is 12.8. The number of benzene rings is 1. The van der Waals surface area contributed by atoms with E-state index in [0.29, 0.717) is 19.7 Å². The third-order valence-corrected chi connectivity index (χ3v) is 5.91. The highest BCUT2D eigenvalue weighted by Gasteiger charge is 2.35. The third kappa shape index (κ3) is 3.63. The lowest BCUT2D eigenvalue weighted by atomic mass is 10.1. The van der Waals surface area contributed by atoms with Gasteiger partial charge in [0.1, 0.15) is 0 Å². The van der Waals surface area contributed by atoms with Gasteiger partial charge in [-0.15, -0.1) is 0 Å². The Kier molecular flexibility index (Phi) is 5.03. The average molecular weight is 312 g/mol. The molecule has 1 fully saturated rings. The van der Waals surface area contributed by atoms with Gasteiger partial charge in [-0.25, -0.2) is 0 Å². The molecule has 0 saturated carbocycles. The summed E-state index contributed by atoms with van der Waals surface area (Å²) in [6.07, 6.45) is -0.0668. The van der Waals surface area contributed by atoms with Crippen molar-refractivity contribution >= 4 is 10.2 Å². The zero-order chi connectivity index (χ0) is 15.6. The number of morpholine rings is 1. The Morgan fingerprint density at radius 1 is 1.33 bits per heavy atom. The first kappa shape index (κ1) is 16.4. The van der Waals surface area contributed by atoms with Gasteiger partial charge in [0, 0.05) is 26.2 Å². The first-order chi connectivity index (χ1) is 9.82. The fraction of sp³-hybridized carbons (Fsp3) is 0.600. The minimum atomic E-state index is -3.47. The Morgan fingerprint density at radius 2 is 2.00 bits per heavy atom. The summed E-state index contributed by atoms with van der Waals surface area (Å²) in [6, 6.07) is 7.72. The first-order valence-corrected chi connectivity index (χ1v) is 8.61. The minimum absolute atomic E-state index is 0.0668. The van der Waals surface area contributed by atoms with Gasteiger partial charge < -0.3 is 4.74 Å². The Bertz CT molecular complexity index is 588. The summed E-state index contributed by atoms with van der Waals surface area (Å²) in [5.74, 6) is 0. The Morgan fingerprint density at radius 3 is 2.67 bits per heavy atom. The molecule has 0 N–H and O–H groups in total. The molecular formula is C15H24N2O3S. The molecule has 0 spiro atoms. The number of aryl methyl sites for hydroxylation is 1. The van der Waals surface area contributed by atoms with Gasteiger partial charge in [-0.3, -0.25) is 0 Å². The maximum Gasteiger partial charge on any atom is 0.282 e. The number of ether oxygens (including phenoxy) is 1. The largest absolute Gasteiger partial charge is 0.375 e. The van der Waals surface area contributed by atoms with E-state index in [9.17, 15) is 8.42 Å². The van der Waals surface area contributed by atoms with Crippen LogP contribution in [0, 0.1) is 6.92 Å². The van der Waals surface area contributed by atoms with Crippen LogP contribution in [0.3, 0.4) is 0 Å². The second-order valence-electron chi connectivity index (χ2n) is 5.75. The highest BCUT2D eigenvalue weighted by Crippen LogP contribution is 2.20. The predicted octanol–water partition coefficient (Wildman–Crippen LogP) is 1.78. The number of hydrogen-bond acceptors (Lipinski definition) is 3. The van der Waals surface area contributed by atoms with Gasteiger partial charge >= 0.3 is 0 Å². The molecule has 1 aromatic carbocycles. The summed E-state index contributed by atoms with van der Waals surface area (Å²) < 4.78 is 34.0. The monoisotopic (exact) mass is 312 g/mol. The van der Waals surface area contributed by atoms with Crippen molar-refractivity contribution in [3.05, 3.63) is 35.4 Å². The summed E-state index contributed by atoms with van der Waals surface area (Å²) in [5, 5.41) is 0. The molecule has 0 bridgehead atoms. The summed E-state index contributed by atoms with van der Waals surface area (Å²) in [7, 11) is -1.84. The molecule has 1 saturated heterocycles. The van der Waals surface area contributed by atoms with Gasteiger partial charge in [-0.2, -0.15) is 17.0 Å². The number of nitrogens with zero attached hydrogens (tertiary/aromatic N) is 2. The third-order valence-electron chi connectivity index (χ3n) is 3.90. The van der Waals surface area contributed by atoms with Crippen LogP contribution in [0.15, 0.2) is 24.3 Å². The van der Waals surface area contributed by atoms with Gasteiger partial charge in [-0.05, 0) is 31.9 Å². The lowest BCUT2D eigenvalue weighted by Crippen LogP contribution is -2.53. The highest BCUT2D eigenvalue weighted by molar-refractivity contribution is 7.86. The Hall–Kier alpha value is -0.950. The van der Waals surface area contributed by atoms with Crippen LogP contribution in [0.25, 0.3) is 0 Å². The minimum Gasteiger partial charge on any atom is -0.375 e. The van der Waals surface area contributed by atoms with Crippen LogP contribution in [0.5, 0.6) is 0 Å². The normalized spacial score (nSPS) is 24.4. The van der Waals surface area contributed by atoms with Crippen molar-refractivity contribution < 1.29 is 13.2 Å². The van der Waals surface area contributed by atoms with Gasteiger partial charge in [0.25, 0.3) is 10.2 Å². The van der Waals surface area contributed by atoms with Crippen LogP contribution in [-0.4, -0.2) is 49.4 Å². The molecule has 6 heteroatoms. The summed E-state index contributed by atoms with van der Waals surface area (Å²) in [6.45, 7) is 7.00. The molecule has 0 amide bonds. The molecule has 1 aliphatic heterocycles. The molecule has 1 aromatic rings. The molecule has 1 aliphatic rings. The van der Waals surface area contributed by atoms with E-state index in [1.54, 1.807) is 11.4 Å². The predicted molar refractivity (Wildman–Crippen MR) is 83.1 cm³/mol. The van der Waals surface area contributed by atoms with E-state index in [2.05, 4.69) is 0 Å². The van der Waals surface area contributed by atoms with Crippen molar-refractivity contribution in [3.63, 3.8) is 0 Å². The van der Waals surface area contributed by atoms with Crippen molar-refractivity contribution in [2.75, 3.05) is 20.2 Å². The maximum absolute atomic E-state index is 12.8. The standard InChI is InChI=1S/C15H24N2O3S/c1-12-7-5-6-8-15(12)10-16(4)21(18,19)17-9-14(3)20-11-13(17)2/h5-8,13-14H,9-11H2,1-4H3. The summed E-state index contributed by atoms with van der Waals surface area (Å²) in [5.41, 5.74) is 2.13. The van der Waals surface area contributed by atoms with E-state index in [1.165, 1.54) is 4.31 Å². The summed E-state index contributed by atoms with van der Waals surface area (Å²) >= 11 is 0. The molecule has 0 aromatic heterocycles. The number of hydrogen-bond donors (Lipinski definition) is 0. The van der Waals surface area contributed by atoms with E-state index >= 15 is 0 Å².